The molecule has 15 heavy (non-hydrogen) atoms. The highest BCUT2D eigenvalue weighted by molar-refractivity contribution is 5.88. The first-order chi connectivity index (χ1) is 7.22. The second-order valence-corrected chi connectivity index (χ2v) is 3.29. The van der Waals surface area contributed by atoms with E-state index in [0.29, 0.717) is 0 Å². The molecule has 4 nitrogen and oxygen atoms in total. The summed E-state index contributed by atoms with van der Waals surface area (Å²) in [5.41, 5.74) is 1.88. The van der Waals surface area contributed by atoms with Gasteiger partial charge in [-0.2, -0.15) is 0 Å². The van der Waals surface area contributed by atoms with Crippen LogP contribution in [0.15, 0.2) is 24.3 Å². The number of hydrogen-bond donors (Lipinski definition) is 3. The zero-order valence-corrected chi connectivity index (χ0v) is 9.13. The molecule has 1 aromatic carbocycles. The minimum absolute atomic E-state index is 0.0501. The molecule has 0 bridgehead atoms. The molecular weight excluding hydrogens is 190 g/mol. The van der Waals surface area contributed by atoms with Gasteiger partial charge >= 0.3 is 0 Å². The lowest BCUT2D eigenvalue weighted by atomic mass is 10.3. The molecule has 0 radical (unpaired) electrons. The van der Waals surface area contributed by atoms with Crippen molar-refractivity contribution in [3.63, 3.8) is 0 Å². The molecule has 4 heteroatoms. The van der Waals surface area contributed by atoms with Gasteiger partial charge in [-0.3, -0.25) is 4.79 Å². The van der Waals surface area contributed by atoms with Crippen LogP contribution < -0.4 is 16.0 Å². The molecule has 0 fully saturated rings. The zero-order chi connectivity index (χ0) is 11.1. The molecule has 0 saturated heterocycles. The van der Waals surface area contributed by atoms with Gasteiger partial charge < -0.3 is 16.0 Å². The molecule has 1 aromatic rings. The van der Waals surface area contributed by atoms with E-state index in [1.165, 1.54) is 6.92 Å². The summed E-state index contributed by atoms with van der Waals surface area (Å²) in [5.74, 6) is -0.0501. The van der Waals surface area contributed by atoms with Gasteiger partial charge in [-0.1, -0.05) is 0 Å². The first kappa shape index (κ1) is 11.5. The maximum Gasteiger partial charge on any atom is 0.221 e. The number of benzene rings is 1. The van der Waals surface area contributed by atoms with Crippen LogP contribution in [-0.2, 0) is 4.79 Å². The molecule has 0 aromatic heterocycles. The van der Waals surface area contributed by atoms with Crippen molar-refractivity contribution in [2.75, 3.05) is 30.8 Å². The molecule has 0 atom stereocenters. The predicted molar refractivity (Wildman–Crippen MR) is 63.2 cm³/mol. The lowest BCUT2D eigenvalue weighted by molar-refractivity contribution is -0.114. The molecule has 1 amide bonds. The average Bonchev–Trinajstić information content (AvgIpc) is 2.20. The summed E-state index contributed by atoms with van der Waals surface area (Å²) < 4.78 is 0. The van der Waals surface area contributed by atoms with E-state index < -0.39 is 0 Å². The van der Waals surface area contributed by atoms with E-state index in [-0.39, 0.29) is 5.91 Å². The average molecular weight is 207 g/mol. The van der Waals surface area contributed by atoms with Gasteiger partial charge in [0.2, 0.25) is 5.91 Å². The highest BCUT2D eigenvalue weighted by Gasteiger charge is 1.95. The first-order valence-corrected chi connectivity index (χ1v) is 4.98. The van der Waals surface area contributed by atoms with Gasteiger partial charge in [-0.25, -0.2) is 0 Å². The predicted octanol–water partition coefficient (Wildman–Crippen LogP) is 1.28. The number of likely N-dealkylation sites (N-methyl/N-ethyl adjacent to an activating group) is 1. The SMILES string of the molecule is CNCCNc1ccc(NC(C)=O)cc1. The van der Waals surface area contributed by atoms with Crippen molar-refractivity contribution in [3.8, 4) is 0 Å². The van der Waals surface area contributed by atoms with Crippen LogP contribution in [0, 0.1) is 0 Å². The van der Waals surface area contributed by atoms with Gasteiger partial charge in [-0.05, 0) is 31.3 Å². The Kier molecular flexibility index (Phi) is 4.63. The standard InChI is InChI=1S/C11H17N3O/c1-9(15)14-11-5-3-10(4-6-11)13-8-7-12-2/h3-6,12-13H,7-8H2,1-2H3,(H,14,15). The Morgan fingerprint density at radius 3 is 2.27 bits per heavy atom. The quantitative estimate of drug-likeness (QED) is 0.637. The fourth-order valence-electron chi connectivity index (χ4n) is 1.21. The van der Waals surface area contributed by atoms with Crippen molar-refractivity contribution < 1.29 is 4.79 Å². The van der Waals surface area contributed by atoms with E-state index in [1.807, 2.05) is 31.3 Å². The minimum Gasteiger partial charge on any atom is -0.384 e. The topological polar surface area (TPSA) is 53.2 Å². The Labute approximate surface area is 90.1 Å². The van der Waals surface area contributed by atoms with E-state index >= 15 is 0 Å². The summed E-state index contributed by atoms with van der Waals surface area (Å²) in [6.07, 6.45) is 0. The van der Waals surface area contributed by atoms with Crippen LogP contribution >= 0.6 is 0 Å². The maximum absolute atomic E-state index is 10.8. The van der Waals surface area contributed by atoms with Gasteiger partial charge in [0.05, 0.1) is 0 Å². The van der Waals surface area contributed by atoms with Gasteiger partial charge in [0.15, 0.2) is 0 Å². The lowest BCUT2D eigenvalue weighted by Gasteiger charge is -2.07. The fourth-order valence-corrected chi connectivity index (χ4v) is 1.21. The summed E-state index contributed by atoms with van der Waals surface area (Å²) in [5, 5.41) is 9.03. The number of nitrogens with one attached hydrogen (secondary N) is 3. The van der Waals surface area contributed by atoms with E-state index in [4.69, 9.17) is 0 Å². The lowest BCUT2D eigenvalue weighted by Crippen LogP contribution is -2.17. The number of carbonyl (C=O) groups excluding carboxylic acids is 1. The van der Waals surface area contributed by atoms with E-state index in [1.54, 1.807) is 0 Å². The fraction of sp³-hybridized carbons (Fsp3) is 0.364. The molecule has 0 spiro atoms. The summed E-state index contributed by atoms with van der Waals surface area (Å²) in [4.78, 5) is 10.8. The van der Waals surface area contributed by atoms with Crippen molar-refractivity contribution in [1.82, 2.24) is 5.32 Å². The van der Waals surface area contributed by atoms with Crippen LogP contribution in [0.3, 0.4) is 0 Å². The molecule has 0 heterocycles. The summed E-state index contributed by atoms with van der Waals surface area (Å²) in [6.45, 7) is 3.31. The zero-order valence-electron chi connectivity index (χ0n) is 9.13. The van der Waals surface area contributed by atoms with Crippen molar-refractivity contribution in [3.05, 3.63) is 24.3 Å². The van der Waals surface area contributed by atoms with Crippen molar-refractivity contribution in [1.29, 1.82) is 0 Å². The largest absolute Gasteiger partial charge is 0.384 e. The second kappa shape index (κ2) is 6.03. The smallest absolute Gasteiger partial charge is 0.221 e. The molecule has 1 rings (SSSR count). The molecule has 0 aliphatic carbocycles. The normalized spacial score (nSPS) is 9.73. The van der Waals surface area contributed by atoms with Crippen LogP contribution in [0.25, 0.3) is 0 Å². The molecule has 0 saturated carbocycles. The molecule has 82 valence electrons. The third-order valence-corrected chi connectivity index (χ3v) is 1.91. The first-order valence-electron chi connectivity index (χ1n) is 4.98. The van der Waals surface area contributed by atoms with E-state index in [0.717, 1.165) is 24.5 Å². The monoisotopic (exact) mass is 207 g/mol. The Morgan fingerprint density at radius 1 is 1.13 bits per heavy atom. The molecule has 3 N–H and O–H groups in total. The van der Waals surface area contributed by atoms with Crippen molar-refractivity contribution in [2.24, 2.45) is 0 Å². The van der Waals surface area contributed by atoms with Crippen LogP contribution in [0.1, 0.15) is 6.92 Å². The summed E-state index contributed by atoms with van der Waals surface area (Å²) >= 11 is 0. The Bertz CT molecular complexity index is 308. The summed E-state index contributed by atoms with van der Waals surface area (Å²) in [7, 11) is 1.92. The maximum atomic E-state index is 10.8. The second-order valence-electron chi connectivity index (χ2n) is 3.29. The number of rotatable bonds is 5. The van der Waals surface area contributed by atoms with Crippen LogP contribution in [0.5, 0.6) is 0 Å². The van der Waals surface area contributed by atoms with Gasteiger partial charge in [0.1, 0.15) is 0 Å². The minimum atomic E-state index is -0.0501. The Balaban J connectivity index is 2.45. The molecular formula is C11H17N3O. The highest BCUT2D eigenvalue weighted by Crippen LogP contribution is 2.12. The van der Waals surface area contributed by atoms with Gasteiger partial charge in [0, 0.05) is 31.4 Å². The Hall–Kier alpha value is -1.55. The number of hydrogen-bond acceptors (Lipinski definition) is 3. The third-order valence-electron chi connectivity index (χ3n) is 1.91. The van der Waals surface area contributed by atoms with Crippen molar-refractivity contribution in [2.45, 2.75) is 6.92 Å². The molecule has 0 aliphatic rings. The van der Waals surface area contributed by atoms with Crippen LogP contribution in [0.2, 0.25) is 0 Å². The number of carbonyl (C=O) groups is 1. The number of amides is 1. The van der Waals surface area contributed by atoms with Gasteiger partial charge in [-0.15, -0.1) is 0 Å². The highest BCUT2D eigenvalue weighted by atomic mass is 16.1. The van der Waals surface area contributed by atoms with Crippen LogP contribution in [-0.4, -0.2) is 26.0 Å². The Morgan fingerprint density at radius 2 is 1.73 bits per heavy atom. The van der Waals surface area contributed by atoms with E-state index in [9.17, 15) is 4.79 Å². The molecule has 0 unspecified atom stereocenters. The van der Waals surface area contributed by atoms with Gasteiger partial charge in [0.25, 0.3) is 0 Å². The summed E-state index contributed by atoms with van der Waals surface area (Å²) in [6, 6.07) is 7.65. The van der Waals surface area contributed by atoms with Crippen LogP contribution in [0.4, 0.5) is 11.4 Å². The third kappa shape index (κ3) is 4.46. The van der Waals surface area contributed by atoms with E-state index in [2.05, 4.69) is 16.0 Å². The number of anilines is 2. The molecule has 0 aliphatic heterocycles. The van der Waals surface area contributed by atoms with Crippen molar-refractivity contribution >= 4 is 17.3 Å².